The van der Waals surface area contributed by atoms with Crippen LogP contribution in [0, 0.1) is 20.8 Å². The Balaban J connectivity index is 1.34. The zero-order valence-electron chi connectivity index (χ0n) is 21.9. The number of hydrazone groups is 1. The molecule has 2 amide bonds. The molecule has 0 saturated carbocycles. The normalized spacial score (nSPS) is 18.8. The molecule has 3 aromatic carbocycles. The lowest BCUT2D eigenvalue weighted by atomic mass is 9.98. The van der Waals surface area contributed by atoms with Crippen LogP contribution in [0.5, 0.6) is 5.75 Å². The number of hydrogen-bond acceptors (Lipinski definition) is 6. The van der Waals surface area contributed by atoms with Crippen LogP contribution in [0.2, 0.25) is 0 Å². The van der Waals surface area contributed by atoms with Crippen molar-refractivity contribution < 1.29 is 14.3 Å². The first-order valence-electron chi connectivity index (χ1n) is 12.5. The van der Waals surface area contributed by atoms with Gasteiger partial charge in [-0.1, -0.05) is 47.7 Å². The largest absolute Gasteiger partial charge is 0.497 e. The fourth-order valence-electron chi connectivity index (χ4n) is 4.50. The number of amides is 2. The van der Waals surface area contributed by atoms with E-state index in [0.717, 1.165) is 39.4 Å². The van der Waals surface area contributed by atoms with Crippen LogP contribution < -0.4 is 10.1 Å². The number of nitrogens with zero attached hydrogens (tertiary/aromatic N) is 3. The molecule has 194 valence electrons. The Morgan fingerprint density at radius 3 is 2.45 bits per heavy atom. The number of thioether (sulfide) groups is 1. The van der Waals surface area contributed by atoms with Crippen LogP contribution in [-0.4, -0.2) is 40.1 Å². The van der Waals surface area contributed by atoms with Crippen LogP contribution >= 0.6 is 11.8 Å². The summed E-state index contributed by atoms with van der Waals surface area (Å²) in [5.74, 6) is 0.257. The van der Waals surface area contributed by atoms with Gasteiger partial charge < -0.3 is 10.1 Å². The zero-order valence-corrected chi connectivity index (χ0v) is 22.7. The second kappa shape index (κ2) is 10.8. The Kier molecular flexibility index (Phi) is 7.33. The highest BCUT2D eigenvalue weighted by atomic mass is 32.2. The third-order valence-electron chi connectivity index (χ3n) is 6.88. The summed E-state index contributed by atoms with van der Waals surface area (Å²) in [6.07, 6.45) is 0.711. The van der Waals surface area contributed by atoms with E-state index in [4.69, 9.17) is 9.84 Å². The van der Waals surface area contributed by atoms with Crippen molar-refractivity contribution in [3.05, 3.63) is 94.5 Å². The lowest BCUT2D eigenvalue weighted by Gasteiger charge is -2.23. The van der Waals surface area contributed by atoms with Gasteiger partial charge in [0.1, 0.15) is 11.0 Å². The van der Waals surface area contributed by atoms with Crippen molar-refractivity contribution in [1.29, 1.82) is 0 Å². The van der Waals surface area contributed by atoms with E-state index < -0.39 is 5.25 Å². The summed E-state index contributed by atoms with van der Waals surface area (Å²) in [6.45, 7) is 6.08. The smallest absolute Gasteiger partial charge is 0.262 e. The average Bonchev–Trinajstić information content (AvgIpc) is 3.51. The molecule has 2 heterocycles. The number of rotatable bonds is 6. The highest BCUT2D eigenvalue weighted by Gasteiger charge is 2.39. The first-order chi connectivity index (χ1) is 18.3. The molecule has 7 nitrogen and oxygen atoms in total. The summed E-state index contributed by atoms with van der Waals surface area (Å²) in [5.41, 5.74) is 7.14. The first-order valence-corrected chi connectivity index (χ1v) is 13.4. The third-order valence-corrected chi connectivity index (χ3v) is 8.02. The molecule has 0 spiro atoms. The third kappa shape index (κ3) is 5.50. The molecule has 2 aliphatic rings. The van der Waals surface area contributed by atoms with Crippen LogP contribution in [0.4, 0.5) is 5.69 Å². The number of carbonyl (C=O) groups excluding carboxylic acids is 2. The summed E-state index contributed by atoms with van der Waals surface area (Å²) in [4.78, 5) is 30.0. The standard InChI is InChI=1S/C30H30N4O3S/c1-18-5-8-22(9-6-18)26-16-25(21-10-13-24(37-4)14-11-21)33-34(26)30-32-29(36)27(38-30)17-28(35)31-23-12-7-19(2)20(3)15-23/h5-15,26-27H,16-17H2,1-4H3,(H,31,35)/t26-,27+/m1/s1. The van der Waals surface area contributed by atoms with Crippen LogP contribution in [0.1, 0.15) is 46.7 Å². The number of anilines is 1. The maximum atomic E-state index is 12.9. The number of aryl methyl sites for hydroxylation is 3. The highest BCUT2D eigenvalue weighted by molar-refractivity contribution is 8.15. The van der Waals surface area contributed by atoms with Crippen LogP contribution in [0.3, 0.4) is 0 Å². The van der Waals surface area contributed by atoms with Gasteiger partial charge in [-0.15, -0.1) is 0 Å². The maximum Gasteiger partial charge on any atom is 0.262 e. The van der Waals surface area contributed by atoms with Crippen molar-refractivity contribution in [2.75, 3.05) is 12.4 Å². The Bertz CT molecular complexity index is 1430. The minimum Gasteiger partial charge on any atom is -0.497 e. The zero-order chi connectivity index (χ0) is 26.8. The molecule has 3 aromatic rings. The fraction of sp³-hybridized carbons (Fsp3) is 0.267. The molecule has 0 bridgehead atoms. The summed E-state index contributed by atoms with van der Waals surface area (Å²) >= 11 is 1.30. The molecule has 0 aromatic heterocycles. The molecule has 2 aliphatic heterocycles. The number of nitrogens with one attached hydrogen (secondary N) is 1. The Morgan fingerprint density at radius 2 is 1.76 bits per heavy atom. The maximum absolute atomic E-state index is 12.9. The van der Waals surface area contributed by atoms with E-state index in [9.17, 15) is 9.59 Å². The topological polar surface area (TPSA) is 83.4 Å². The molecular weight excluding hydrogens is 496 g/mol. The van der Waals surface area contributed by atoms with Gasteiger partial charge in [-0.3, -0.25) is 9.59 Å². The predicted molar refractivity (Wildman–Crippen MR) is 153 cm³/mol. The number of ether oxygens (including phenoxy) is 1. The van der Waals surface area contributed by atoms with Gasteiger partial charge in [-0.05, 0) is 79.4 Å². The molecular formula is C30H30N4O3S. The number of hydrogen-bond donors (Lipinski definition) is 1. The molecule has 0 fully saturated rings. The number of aliphatic imine (C=N–C) groups is 1. The van der Waals surface area contributed by atoms with E-state index in [2.05, 4.69) is 41.5 Å². The summed E-state index contributed by atoms with van der Waals surface area (Å²) in [6, 6.07) is 21.8. The lowest BCUT2D eigenvalue weighted by molar-refractivity contribution is -0.121. The van der Waals surface area contributed by atoms with E-state index in [-0.39, 0.29) is 24.3 Å². The van der Waals surface area contributed by atoms with E-state index in [0.29, 0.717) is 11.6 Å². The molecule has 0 aliphatic carbocycles. The Hall–Kier alpha value is -3.91. The highest BCUT2D eigenvalue weighted by Crippen LogP contribution is 2.39. The van der Waals surface area contributed by atoms with Crippen molar-refractivity contribution in [3.63, 3.8) is 0 Å². The van der Waals surface area contributed by atoms with Crippen molar-refractivity contribution in [1.82, 2.24) is 5.01 Å². The van der Waals surface area contributed by atoms with Crippen LogP contribution in [-0.2, 0) is 9.59 Å². The van der Waals surface area contributed by atoms with Gasteiger partial charge in [0.05, 0.1) is 18.9 Å². The quantitative estimate of drug-likeness (QED) is 0.439. The van der Waals surface area contributed by atoms with E-state index in [1.807, 2.05) is 61.3 Å². The predicted octanol–water partition coefficient (Wildman–Crippen LogP) is 5.80. The Morgan fingerprint density at radius 1 is 1.03 bits per heavy atom. The van der Waals surface area contributed by atoms with E-state index in [1.54, 1.807) is 7.11 Å². The van der Waals surface area contributed by atoms with Gasteiger partial charge in [0.25, 0.3) is 5.91 Å². The fourth-order valence-corrected chi connectivity index (χ4v) is 5.56. The van der Waals surface area contributed by atoms with Crippen LogP contribution in [0.25, 0.3) is 0 Å². The van der Waals surface area contributed by atoms with Gasteiger partial charge in [-0.2, -0.15) is 10.1 Å². The number of amidine groups is 1. The van der Waals surface area contributed by atoms with Crippen molar-refractivity contribution in [3.8, 4) is 5.75 Å². The molecule has 5 rings (SSSR count). The van der Waals surface area contributed by atoms with Gasteiger partial charge >= 0.3 is 0 Å². The average molecular weight is 527 g/mol. The van der Waals surface area contributed by atoms with E-state index >= 15 is 0 Å². The van der Waals surface area contributed by atoms with Crippen molar-refractivity contribution in [2.24, 2.45) is 10.1 Å². The van der Waals surface area contributed by atoms with E-state index in [1.165, 1.54) is 17.3 Å². The minimum atomic E-state index is -0.588. The van der Waals surface area contributed by atoms with Crippen molar-refractivity contribution >= 4 is 40.1 Å². The molecule has 8 heteroatoms. The van der Waals surface area contributed by atoms with Gasteiger partial charge in [-0.25, -0.2) is 5.01 Å². The lowest BCUT2D eigenvalue weighted by Crippen LogP contribution is -2.25. The summed E-state index contributed by atoms with van der Waals surface area (Å²) < 4.78 is 5.30. The molecule has 2 atom stereocenters. The number of benzene rings is 3. The Labute approximate surface area is 227 Å². The SMILES string of the molecule is COc1ccc(C2=NN(C3=NC(=O)[C@H](CC(=O)Nc4ccc(C)c(C)c4)S3)[C@@H](c3ccc(C)cc3)C2)cc1. The first kappa shape index (κ1) is 25.7. The second-order valence-corrected chi connectivity index (χ2v) is 10.8. The van der Waals surface area contributed by atoms with Crippen LogP contribution in [0.15, 0.2) is 76.8 Å². The summed E-state index contributed by atoms with van der Waals surface area (Å²) in [7, 11) is 1.64. The second-order valence-electron chi connectivity index (χ2n) is 9.64. The number of methoxy groups -OCH3 is 1. The molecule has 1 N–H and O–H groups in total. The summed E-state index contributed by atoms with van der Waals surface area (Å²) in [5, 5.41) is 9.60. The number of carbonyl (C=O) groups is 2. The molecule has 38 heavy (non-hydrogen) atoms. The van der Waals surface area contributed by atoms with Gasteiger partial charge in [0.2, 0.25) is 5.91 Å². The van der Waals surface area contributed by atoms with Gasteiger partial charge in [0, 0.05) is 18.5 Å². The molecule has 0 radical (unpaired) electrons. The van der Waals surface area contributed by atoms with Crippen molar-refractivity contribution in [2.45, 2.75) is 44.9 Å². The van der Waals surface area contributed by atoms with Gasteiger partial charge in [0.15, 0.2) is 5.17 Å². The monoisotopic (exact) mass is 526 g/mol. The minimum absolute atomic E-state index is 0.0432. The molecule has 0 unspecified atom stereocenters. The molecule has 0 saturated heterocycles.